The van der Waals surface area contributed by atoms with Crippen LogP contribution < -0.4 is 4.90 Å². The van der Waals surface area contributed by atoms with Crippen molar-refractivity contribution in [1.82, 2.24) is 24.6 Å². The predicted octanol–water partition coefficient (Wildman–Crippen LogP) is 3.44. The van der Waals surface area contributed by atoms with Gasteiger partial charge in [0.25, 0.3) is 11.9 Å². The summed E-state index contributed by atoms with van der Waals surface area (Å²) in [5, 5.41) is 14.4. The average molecular weight is 458 g/mol. The summed E-state index contributed by atoms with van der Waals surface area (Å²) >= 11 is 0. The largest absolute Gasteiger partial charge is 0.506 e. The average Bonchev–Trinajstić information content (AvgIpc) is 3.25. The van der Waals surface area contributed by atoms with Crippen LogP contribution in [0, 0.1) is 12.7 Å². The van der Waals surface area contributed by atoms with Crippen LogP contribution in [-0.2, 0) is 0 Å². The van der Waals surface area contributed by atoms with Gasteiger partial charge in [0.15, 0.2) is 0 Å². The Kier molecular flexibility index (Phi) is 5.67. The van der Waals surface area contributed by atoms with Crippen molar-refractivity contribution in [2.24, 2.45) is 0 Å². The molecule has 3 heterocycles. The molecule has 5 rings (SSSR count). The first-order chi connectivity index (χ1) is 16.5. The Labute approximate surface area is 195 Å². The van der Waals surface area contributed by atoms with Gasteiger partial charge in [0.05, 0.1) is 28.8 Å². The standard InChI is InChI=1S/C25H23FN6O2/c1-17-19(24(34)31-14-12-30(13-15-31)22-8-4-5-9-23(22)33)16-28-32(17)25-27-11-10-21(29-25)18-6-2-3-7-20(18)26/h2-11,16,33H,12-15H2,1H3. The number of aromatic nitrogens is 4. The topological polar surface area (TPSA) is 87.4 Å². The summed E-state index contributed by atoms with van der Waals surface area (Å²) in [6.07, 6.45) is 3.07. The SMILES string of the molecule is Cc1c(C(=O)N2CCN(c3ccccc3O)CC2)cnn1-c1nccc(-c2ccccc2F)n1. The number of anilines is 1. The van der Waals surface area contributed by atoms with Crippen molar-refractivity contribution in [3.05, 3.63) is 84.1 Å². The van der Waals surface area contributed by atoms with Crippen LogP contribution in [0.2, 0.25) is 0 Å². The number of rotatable bonds is 4. The second-order valence-corrected chi connectivity index (χ2v) is 8.05. The molecule has 9 heteroatoms. The number of nitrogens with zero attached hydrogens (tertiary/aromatic N) is 6. The number of amides is 1. The summed E-state index contributed by atoms with van der Waals surface area (Å²) in [5.41, 5.74) is 2.65. The molecule has 0 atom stereocenters. The van der Waals surface area contributed by atoms with E-state index in [1.54, 1.807) is 54.4 Å². The Morgan fingerprint density at radius 3 is 2.50 bits per heavy atom. The minimum absolute atomic E-state index is 0.119. The zero-order chi connectivity index (χ0) is 23.7. The first-order valence-corrected chi connectivity index (χ1v) is 11.0. The van der Waals surface area contributed by atoms with Crippen molar-refractivity contribution in [1.29, 1.82) is 0 Å². The molecule has 2 aromatic heterocycles. The summed E-state index contributed by atoms with van der Waals surface area (Å²) in [6.45, 7) is 4.07. The summed E-state index contributed by atoms with van der Waals surface area (Å²) < 4.78 is 15.7. The van der Waals surface area contributed by atoms with E-state index in [4.69, 9.17) is 0 Å². The van der Waals surface area contributed by atoms with Crippen LogP contribution in [-0.4, -0.2) is 61.8 Å². The number of hydrogen-bond donors (Lipinski definition) is 1. The maximum absolute atomic E-state index is 14.2. The molecule has 8 nitrogen and oxygen atoms in total. The van der Waals surface area contributed by atoms with Crippen LogP contribution >= 0.6 is 0 Å². The zero-order valence-corrected chi connectivity index (χ0v) is 18.6. The lowest BCUT2D eigenvalue weighted by Crippen LogP contribution is -2.48. The van der Waals surface area contributed by atoms with Gasteiger partial charge in [-0.1, -0.05) is 24.3 Å². The molecule has 1 amide bonds. The Morgan fingerprint density at radius 1 is 1.00 bits per heavy atom. The highest BCUT2D eigenvalue weighted by Crippen LogP contribution is 2.28. The van der Waals surface area contributed by atoms with Crippen molar-refractivity contribution >= 4 is 11.6 Å². The van der Waals surface area contributed by atoms with Crippen molar-refractivity contribution in [2.45, 2.75) is 6.92 Å². The fraction of sp³-hybridized carbons (Fsp3) is 0.200. The van der Waals surface area contributed by atoms with Crippen molar-refractivity contribution in [2.75, 3.05) is 31.1 Å². The molecular formula is C25H23FN6O2. The number of piperazine rings is 1. The molecular weight excluding hydrogens is 435 g/mol. The first-order valence-electron chi connectivity index (χ1n) is 11.0. The number of carbonyl (C=O) groups is 1. The summed E-state index contributed by atoms with van der Waals surface area (Å²) in [5.74, 6) is 0.00722. The van der Waals surface area contributed by atoms with Gasteiger partial charge in [-0.15, -0.1) is 0 Å². The Morgan fingerprint density at radius 2 is 1.74 bits per heavy atom. The summed E-state index contributed by atoms with van der Waals surface area (Å²) in [6, 6.07) is 15.2. The lowest BCUT2D eigenvalue weighted by molar-refractivity contribution is 0.0746. The number of hydrogen-bond acceptors (Lipinski definition) is 6. The predicted molar refractivity (Wildman–Crippen MR) is 126 cm³/mol. The van der Waals surface area contributed by atoms with Crippen LogP contribution in [0.25, 0.3) is 17.2 Å². The zero-order valence-electron chi connectivity index (χ0n) is 18.6. The van der Waals surface area contributed by atoms with Gasteiger partial charge in [0.2, 0.25) is 0 Å². The van der Waals surface area contributed by atoms with Crippen LogP contribution in [0.3, 0.4) is 0 Å². The molecule has 0 saturated carbocycles. The molecule has 1 N–H and O–H groups in total. The van der Waals surface area contributed by atoms with E-state index in [2.05, 4.69) is 20.0 Å². The molecule has 0 radical (unpaired) electrons. The normalized spacial score (nSPS) is 13.8. The third kappa shape index (κ3) is 3.96. The maximum atomic E-state index is 14.2. The summed E-state index contributed by atoms with van der Waals surface area (Å²) in [4.78, 5) is 25.8. The highest BCUT2D eigenvalue weighted by molar-refractivity contribution is 5.95. The molecule has 0 bridgehead atoms. The molecule has 0 unspecified atom stereocenters. The Balaban J connectivity index is 1.34. The molecule has 1 aliphatic rings. The highest BCUT2D eigenvalue weighted by atomic mass is 19.1. The highest BCUT2D eigenvalue weighted by Gasteiger charge is 2.26. The first kappa shape index (κ1) is 21.6. The van der Waals surface area contributed by atoms with E-state index in [1.165, 1.54) is 16.9 Å². The molecule has 172 valence electrons. The van der Waals surface area contributed by atoms with Crippen LogP contribution in [0.5, 0.6) is 5.75 Å². The smallest absolute Gasteiger partial charge is 0.257 e. The van der Waals surface area contributed by atoms with Gasteiger partial charge in [-0.25, -0.2) is 19.0 Å². The minimum atomic E-state index is -0.372. The number of carbonyl (C=O) groups excluding carboxylic acids is 1. The lowest BCUT2D eigenvalue weighted by atomic mass is 10.1. The fourth-order valence-corrected chi connectivity index (χ4v) is 4.14. The van der Waals surface area contributed by atoms with Gasteiger partial charge in [0, 0.05) is 37.9 Å². The number of aromatic hydroxyl groups is 1. The van der Waals surface area contributed by atoms with E-state index in [1.807, 2.05) is 12.1 Å². The summed E-state index contributed by atoms with van der Waals surface area (Å²) in [7, 11) is 0. The Bertz CT molecular complexity index is 1350. The van der Waals surface area contributed by atoms with E-state index < -0.39 is 0 Å². The van der Waals surface area contributed by atoms with Crippen LogP contribution in [0.1, 0.15) is 16.1 Å². The van der Waals surface area contributed by atoms with Crippen molar-refractivity contribution < 1.29 is 14.3 Å². The number of benzene rings is 2. The van der Waals surface area contributed by atoms with E-state index in [9.17, 15) is 14.3 Å². The molecule has 1 saturated heterocycles. The molecule has 4 aromatic rings. The van der Waals surface area contributed by atoms with Crippen LogP contribution in [0.4, 0.5) is 10.1 Å². The quantitative estimate of drug-likeness (QED) is 0.504. The maximum Gasteiger partial charge on any atom is 0.257 e. The third-order valence-corrected chi connectivity index (χ3v) is 6.01. The van der Waals surface area contributed by atoms with Gasteiger partial charge >= 0.3 is 0 Å². The van der Waals surface area contributed by atoms with Gasteiger partial charge in [-0.05, 0) is 37.3 Å². The molecule has 2 aromatic carbocycles. The monoisotopic (exact) mass is 458 g/mol. The molecule has 0 aliphatic carbocycles. The fourth-order valence-electron chi connectivity index (χ4n) is 4.14. The van der Waals surface area contributed by atoms with Gasteiger partial charge in [-0.2, -0.15) is 5.10 Å². The second kappa shape index (κ2) is 8.93. The molecule has 0 spiro atoms. The molecule has 34 heavy (non-hydrogen) atoms. The minimum Gasteiger partial charge on any atom is -0.506 e. The third-order valence-electron chi connectivity index (χ3n) is 6.01. The van der Waals surface area contributed by atoms with Gasteiger partial charge in [0.1, 0.15) is 11.6 Å². The second-order valence-electron chi connectivity index (χ2n) is 8.05. The van der Waals surface area contributed by atoms with E-state index >= 15 is 0 Å². The van der Waals surface area contributed by atoms with E-state index in [0.29, 0.717) is 48.7 Å². The Hall–Kier alpha value is -4.27. The number of para-hydroxylation sites is 2. The number of phenols is 1. The van der Waals surface area contributed by atoms with Gasteiger partial charge < -0.3 is 14.9 Å². The van der Waals surface area contributed by atoms with Crippen molar-refractivity contribution in [3.63, 3.8) is 0 Å². The lowest BCUT2D eigenvalue weighted by Gasteiger charge is -2.36. The van der Waals surface area contributed by atoms with E-state index in [-0.39, 0.29) is 23.4 Å². The number of phenolic OH excluding ortho intramolecular Hbond substituents is 1. The van der Waals surface area contributed by atoms with Crippen LogP contribution in [0.15, 0.2) is 67.0 Å². The number of halogens is 1. The van der Waals surface area contributed by atoms with Crippen molar-refractivity contribution in [3.8, 4) is 23.0 Å². The van der Waals surface area contributed by atoms with E-state index in [0.717, 1.165) is 5.69 Å². The van der Waals surface area contributed by atoms with Gasteiger partial charge in [-0.3, -0.25) is 4.79 Å². The molecule has 1 fully saturated rings. The molecule has 1 aliphatic heterocycles.